The third-order valence-corrected chi connectivity index (χ3v) is 4.41. The van der Waals surface area contributed by atoms with Crippen LogP contribution in [-0.2, 0) is 17.6 Å². The van der Waals surface area contributed by atoms with Crippen molar-refractivity contribution in [2.75, 3.05) is 4.90 Å². The SMILES string of the molecule is CCc1ncc2c(n1)N(c1c(C)cc(Br)cc1C)C(=O)CC2. The first-order chi connectivity index (χ1) is 10.5. The highest BCUT2D eigenvalue weighted by atomic mass is 79.9. The number of hydrogen-bond acceptors (Lipinski definition) is 3. The van der Waals surface area contributed by atoms with Crippen molar-refractivity contribution < 1.29 is 4.79 Å². The van der Waals surface area contributed by atoms with Crippen LogP contribution in [0.4, 0.5) is 11.5 Å². The number of carbonyl (C=O) groups excluding carboxylic acids is 1. The van der Waals surface area contributed by atoms with Crippen LogP contribution in [0.25, 0.3) is 0 Å². The van der Waals surface area contributed by atoms with Gasteiger partial charge in [-0.1, -0.05) is 22.9 Å². The fourth-order valence-corrected chi connectivity index (χ4v) is 3.62. The largest absolute Gasteiger partial charge is 0.274 e. The first kappa shape index (κ1) is 15.2. The molecule has 1 amide bonds. The Morgan fingerprint density at radius 1 is 1.23 bits per heavy atom. The van der Waals surface area contributed by atoms with Crippen molar-refractivity contribution in [1.82, 2.24) is 9.97 Å². The molecule has 0 bridgehead atoms. The first-order valence-electron chi connectivity index (χ1n) is 7.45. The number of amides is 1. The lowest BCUT2D eigenvalue weighted by Crippen LogP contribution is -2.33. The maximum absolute atomic E-state index is 12.6. The Balaban J connectivity index is 2.22. The van der Waals surface area contributed by atoms with Gasteiger partial charge >= 0.3 is 0 Å². The molecule has 0 radical (unpaired) electrons. The van der Waals surface area contributed by atoms with Crippen molar-refractivity contribution in [3.63, 3.8) is 0 Å². The summed E-state index contributed by atoms with van der Waals surface area (Å²) in [5.41, 5.74) is 4.10. The standard InChI is InChI=1S/C17H18BrN3O/c1-4-14-19-9-12-5-6-15(22)21(17(12)20-14)16-10(2)7-13(18)8-11(16)3/h7-9H,4-6H2,1-3H3. The van der Waals surface area contributed by atoms with Gasteiger partial charge in [0.05, 0.1) is 5.69 Å². The second-order valence-corrected chi connectivity index (χ2v) is 6.52. The van der Waals surface area contributed by atoms with Crippen LogP contribution >= 0.6 is 15.9 Å². The van der Waals surface area contributed by atoms with Crippen LogP contribution in [-0.4, -0.2) is 15.9 Å². The first-order valence-corrected chi connectivity index (χ1v) is 8.25. The molecule has 0 N–H and O–H groups in total. The van der Waals surface area contributed by atoms with Crippen molar-refractivity contribution in [2.45, 2.75) is 40.0 Å². The lowest BCUT2D eigenvalue weighted by atomic mass is 10.0. The summed E-state index contributed by atoms with van der Waals surface area (Å²) in [6.45, 7) is 6.07. The van der Waals surface area contributed by atoms with Crippen LogP contribution in [0.2, 0.25) is 0 Å². The zero-order valence-electron chi connectivity index (χ0n) is 13.0. The summed E-state index contributed by atoms with van der Waals surface area (Å²) in [7, 11) is 0. The van der Waals surface area contributed by atoms with Crippen molar-refractivity contribution in [1.29, 1.82) is 0 Å². The second-order valence-electron chi connectivity index (χ2n) is 5.61. The fraction of sp³-hybridized carbons (Fsp3) is 0.353. The Morgan fingerprint density at radius 3 is 2.55 bits per heavy atom. The highest BCUT2D eigenvalue weighted by molar-refractivity contribution is 9.10. The molecule has 3 rings (SSSR count). The van der Waals surface area contributed by atoms with Crippen LogP contribution in [0.3, 0.4) is 0 Å². The maximum atomic E-state index is 12.6. The van der Waals surface area contributed by atoms with Gasteiger partial charge in [0.25, 0.3) is 0 Å². The van der Waals surface area contributed by atoms with Crippen molar-refractivity contribution >= 4 is 33.3 Å². The Morgan fingerprint density at radius 2 is 1.91 bits per heavy atom. The number of aromatic nitrogens is 2. The Kier molecular flexibility index (Phi) is 4.00. The lowest BCUT2D eigenvalue weighted by molar-refractivity contribution is -0.118. The van der Waals surface area contributed by atoms with Gasteiger partial charge in [-0.25, -0.2) is 9.97 Å². The predicted octanol–water partition coefficient (Wildman–Crippen LogP) is 4.03. The molecule has 2 heterocycles. The number of anilines is 2. The molecule has 1 aromatic carbocycles. The smallest absolute Gasteiger partial charge is 0.233 e. The van der Waals surface area contributed by atoms with Gasteiger partial charge in [0, 0.05) is 29.1 Å². The van der Waals surface area contributed by atoms with E-state index in [4.69, 9.17) is 0 Å². The molecule has 4 nitrogen and oxygen atoms in total. The Labute approximate surface area is 138 Å². The number of aryl methyl sites for hydroxylation is 4. The summed E-state index contributed by atoms with van der Waals surface area (Å²) in [6.07, 6.45) is 3.83. The molecule has 1 aliphatic rings. The van der Waals surface area contributed by atoms with Gasteiger partial charge in [0.15, 0.2) is 0 Å². The molecule has 2 aromatic rings. The summed E-state index contributed by atoms with van der Waals surface area (Å²) in [4.78, 5) is 23.4. The third kappa shape index (κ3) is 2.54. The topological polar surface area (TPSA) is 46.1 Å². The summed E-state index contributed by atoms with van der Waals surface area (Å²) < 4.78 is 1.02. The molecule has 22 heavy (non-hydrogen) atoms. The number of hydrogen-bond donors (Lipinski definition) is 0. The van der Waals surface area contributed by atoms with Gasteiger partial charge < -0.3 is 0 Å². The summed E-state index contributed by atoms with van der Waals surface area (Å²) in [6, 6.07) is 4.07. The van der Waals surface area contributed by atoms with E-state index in [1.165, 1.54) is 0 Å². The molecule has 0 saturated heterocycles. The molecule has 0 unspecified atom stereocenters. The Bertz CT molecular complexity index is 735. The predicted molar refractivity (Wildman–Crippen MR) is 90.5 cm³/mol. The van der Waals surface area contributed by atoms with Gasteiger partial charge in [0.2, 0.25) is 5.91 Å². The van der Waals surface area contributed by atoms with Crippen LogP contribution in [0.1, 0.15) is 35.9 Å². The molecule has 0 aliphatic carbocycles. The molecule has 1 aliphatic heterocycles. The van der Waals surface area contributed by atoms with E-state index in [9.17, 15) is 4.79 Å². The van der Waals surface area contributed by atoms with E-state index in [-0.39, 0.29) is 5.91 Å². The van der Waals surface area contributed by atoms with Crippen molar-refractivity contribution in [3.05, 3.63) is 45.3 Å². The molecular formula is C17H18BrN3O. The molecule has 114 valence electrons. The minimum atomic E-state index is 0.0989. The maximum Gasteiger partial charge on any atom is 0.233 e. The lowest BCUT2D eigenvalue weighted by Gasteiger charge is -2.30. The second kappa shape index (κ2) is 5.80. The number of halogens is 1. The van der Waals surface area contributed by atoms with Crippen LogP contribution in [0, 0.1) is 13.8 Å². The third-order valence-electron chi connectivity index (χ3n) is 3.96. The van der Waals surface area contributed by atoms with E-state index in [1.807, 2.05) is 39.1 Å². The van der Waals surface area contributed by atoms with E-state index in [0.29, 0.717) is 12.8 Å². The molecule has 5 heteroatoms. The highest BCUT2D eigenvalue weighted by Crippen LogP contribution is 2.37. The van der Waals surface area contributed by atoms with E-state index >= 15 is 0 Å². The number of nitrogens with zero attached hydrogens (tertiary/aromatic N) is 3. The van der Waals surface area contributed by atoms with Crippen LogP contribution in [0.15, 0.2) is 22.8 Å². The Hall–Kier alpha value is -1.75. The normalized spacial score (nSPS) is 14.2. The molecule has 0 atom stereocenters. The van der Waals surface area contributed by atoms with E-state index < -0.39 is 0 Å². The van der Waals surface area contributed by atoms with Crippen molar-refractivity contribution in [2.24, 2.45) is 0 Å². The highest BCUT2D eigenvalue weighted by Gasteiger charge is 2.29. The summed E-state index contributed by atoms with van der Waals surface area (Å²) >= 11 is 3.51. The van der Waals surface area contributed by atoms with Crippen LogP contribution in [0.5, 0.6) is 0 Å². The van der Waals surface area contributed by atoms with E-state index in [2.05, 4.69) is 25.9 Å². The average molecular weight is 360 g/mol. The number of carbonyl (C=O) groups is 1. The monoisotopic (exact) mass is 359 g/mol. The van der Waals surface area contributed by atoms with Gasteiger partial charge in [-0.3, -0.25) is 9.69 Å². The van der Waals surface area contributed by atoms with Crippen molar-refractivity contribution in [3.8, 4) is 0 Å². The zero-order chi connectivity index (χ0) is 15.9. The molecule has 0 fully saturated rings. The number of benzene rings is 1. The van der Waals surface area contributed by atoms with E-state index in [1.54, 1.807) is 4.90 Å². The fourth-order valence-electron chi connectivity index (χ4n) is 2.93. The van der Waals surface area contributed by atoms with Gasteiger partial charge in [-0.15, -0.1) is 0 Å². The molecule has 0 saturated carbocycles. The number of fused-ring (bicyclic) bond motifs is 1. The average Bonchev–Trinajstić information content (AvgIpc) is 2.48. The number of rotatable bonds is 2. The van der Waals surface area contributed by atoms with Gasteiger partial charge in [0.1, 0.15) is 11.6 Å². The molecular weight excluding hydrogens is 342 g/mol. The minimum Gasteiger partial charge on any atom is -0.274 e. The minimum absolute atomic E-state index is 0.0989. The molecule has 0 spiro atoms. The van der Waals surface area contributed by atoms with Gasteiger partial charge in [-0.2, -0.15) is 0 Å². The molecule has 1 aromatic heterocycles. The zero-order valence-corrected chi connectivity index (χ0v) is 14.6. The summed E-state index contributed by atoms with van der Waals surface area (Å²) in [5.74, 6) is 1.62. The quantitative estimate of drug-likeness (QED) is 0.812. The summed E-state index contributed by atoms with van der Waals surface area (Å²) in [5, 5.41) is 0. The van der Waals surface area contributed by atoms with Gasteiger partial charge in [-0.05, 0) is 43.5 Å². The van der Waals surface area contributed by atoms with E-state index in [0.717, 1.165) is 44.9 Å². The van der Waals surface area contributed by atoms with Crippen LogP contribution < -0.4 is 4.90 Å².